The summed E-state index contributed by atoms with van der Waals surface area (Å²) in [6.07, 6.45) is -3.32. The van der Waals surface area contributed by atoms with E-state index in [1.54, 1.807) is 24.3 Å². The van der Waals surface area contributed by atoms with Crippen LogP contribution < -0.4 is 14.8 Å². The smallest absolute Gasteiger partial charge is 0.416 e. The van der Waals surface area contributed by atoms with E-state index >= 15 is 0 Å². The Morgan fingerprint density at radius 3 is 2.44 bits per heavy atom. The fourth-order valence-corrected chi connectivity index (χ4v) is 4.50. The Kier molecular flexibility index (Phi) is 5.30. The first-order valence-electron chi connectivity index (χ1n) is 11.2. The fourth-order valence-electron chi connectivity index (χ4n) is 4.50. The first kappa shape index (κ1) is 22.3. The minimum absolute atomic E-state index is 0. The van der Waals surface area contributed by atoms with Crippen LogP contribution in [-0.4, -0.2) is 12.7 Å². The molecule has 34 heavy (non-hydrogen) atoms. The Balaban J connectivity index is 0.00000289. The second-order valence-electron chi connectivity index (χ2n) is 9.14. The van der Waals surface area contributed by atoms with Crippen molar-refractivity contribution in [3.63, 3.8) is 0 Å². The summed E-state index contributed by atoms with van der Waals surface area (Å²) in [7, 11) is 0. The van der Waals surface area contributed by atoms with Crippen LogP contribution in [0.2, 0.25) is 0 Å². The number of anilines is 1. The summed E-state index contributed by atoms with van der Waals surface area (Å²) in [6, 6.07) is 16.5. The van der Waals surface area contributed by atoms with Crippen LogP contribution in [0, 0.1) is 0 Å². The van der Waals surface area contributed by atoms with E-state index in [1.165, 1.54) is 0 Å². The molecule has 0 unspecified atom stereocenters. The van der Waals surface area contributed by atoms with Gasteiger partial charge in [0.1, 0.15) is 0 Å². The van der Waals surface area contributed by atoms with Gasteiger partial charge in [0, 0.05) is 7.11 Å². The number of halogens is 3. The van der Waals surface area contributed by atoms with Gasteiger partial charge in [0.25, 0.3) is 0 Å². The van der Waals surface area contributed by atoms with Crippen LogP contribution in [0.3, 0.4) is 0 Å². The Bertz CT molecular complexity index is 1270. The highest BCUT2D eigenvalue weighted by Gasteiger charge is 2.51. The number of hydrogen-bond donors (Lipinski definition) is 1. The van der Waals surface area contributed by atoms with Crippen LogP contribution in [0.25, 0.3) is 11.1 Å². The zero-order valence-electron chi connectivity index (χ0n) is 18.8. The Morgan fingerprint density at radius 2 is 1.74 bits per heavy atom. The maximum absolute atomic E-state index is 13.8. The van der Waals surface area contributed by atoms with Crippen molar-refractivity contribution >= 4 is 11.6 Å². The molecule has 1 aliphatic carbocycles. The number of alkyl halides is 3. The molecule has 0 atom stereocenters. The Hall–Kier alpha value is -3.48. The summed E-state index contributed by atoms with van der Waals surface area (Å²) in [6.45, 7) is 4.12. The minimum atomic E-state index is -4.54. The molecule has 0 aromatic heterocycles. The molecule has 0 bridgehead atoms. The van der Waals surface area contributed by atoms with Crippen molar-refractivity contribution < 1.29 is 28.9 Å². The third-order valence-corrected chi connectivity index (χ3v) is 6.52. The topological polar surface area (TPSA) is 47.6 Å². The van der Waals surface area contributed by atoms with Gasteiger partial charge >= 0.3 is 6.18 Å². The van der Waals surface area contributed by atoms with Crippen molar-refractivity contribution in [1.29, 1.82) is 0 Å². The van der Waals surface area contributed by atoms with Gasteiger partial charge in [0.15, 0.2) is 11.5 Å². The molecule has 3 aromatic carbocycles. The summed E-state index contributed by atoms with van der Waals surface area (Å²) >= 11 is 0. The van der Waals surface area contributed by atoms with Crippen molar-refractivity contribution in [2.45, 2.75) is 44.2 Å². The van der Waals surface area contributed by atoms with Crippen molar-refractivity contribution in [1.82, 2.24) is 0 Å². The SMILES string of the molecule is CC(C)c1ccccc1-c1cc(NC(=O)C2(c3ccc4c(c3)OCO4)CC2)cc(C(F)(F)F)c1.[HH]. The molecule has 3 aromatic rings. The zero-order chi connectivity index (χ0) is 24.1. The third-order valence-electron chi connectivity index (χ3n) is 6.52. The third kappa shape index (κ3) is 4.00. The maximum Gasteiger partial charge on any atom is 0.416 e. The van der Waals surface area contributed by atoms with Crippen LogP contribution in [-0.2, 0) is 16.4 Å². The van der Waals surface area contributed by atoms with E-state index < -0.39 is 17.2 Å². The summed E-state index contributed by atoms with van der Waals surface area (Å²) < 4.78 is 52.0. The maximum atomic E-state index is 13.8. The van der Waals surface area contributed by atoms with Crippen LogP contribution >= 0.6 is 0 Å². The highest BCUT2D eigenvalue weighted by atomic mass is 19.4. The average Bonchev–Trinajstić information content (AvgIpc) is 3.49. The largest absolute Gasteiger partial charge is 0.454 e. The van der Waals surface area contributed by atoms with Crippen LogP contribution in [0.5, 0.6) is 11.5 Å². The molecule has 1 amide bonds. The summed E-state index contributed by atoms with van der Waals surface area (Å²) in [4.78, 5) is 13.3. The predicted octanol–water partition coefficient (Wildman–Crippen LogP) is 7.14. The fraction of sp³-hybridized carbons (Fsp3) is 0.296. The molecule has 5 rings (SSSR count). The number of amides is 1. The Labute approximate surface area is 197 Å². The molecule has 1 N–H and O–H groups in total. The number of ether oxygens (including phenoxy) is 2. The van der Waals surface area contributed by atoms with E-state index in [0.29, 0.717) is 29.9 Å². The molecular weight excluding hydrogens is 443 g/mol. The van der Waals surface area contributed by atoms with Crippen molar-refractivity contribution in [2.75, 3.05) is 12.1 Å². The number of carbonyl (C=O) groups is 1. The summed E-state index contributed by atoms with van der Waals surface area (Å²) in [5, 5.41) is 2.77. The lowest BCUT2D eigenvalue weighted by molar-refractivity contribution is -0.137. The molecule has 2 aliphatic rings. The molecular formula is C27H26F3NO3. The van der Waals surface area contributed by atoms with Gasteiger partial charge in [-0.3, -0.25) is 4.79 Å². The Morgan fingerprint density at radius 1 is 1.00 bits per heavy atom. The molecule has 0 spiro atoms. The molecule has 0 saturated heterocycles. The number of fused-ring (bicyclic) bond motifs is 1. The minimum Gasteiger partial charge on any atom is -0.454 e. The van der Waals surface area contributed by atoms with E-state index in [2.05, 4.69) is 5.32 Å². The van der Waals surface area contributed by atoms with Gasteiger partial charge in [-0.1, -0.05) is 44.2 Å². The highest BCUT2D eigenvalue weighted by Crippen LogP contribution is 2.51. The average molecular weight is 470 g/mol. The summed E-state index contributed by atoms with van der Waals surface area (Å²) in [5.74, 6) is 0.993. The molecule has 1 saturated carbocycles. The molecule has 7 heteroatoms. The lowest BCUT2D eigenvalue weighted by atomic mass is 9.91. The molecule has 0 radical (unpaired) electrons. The van der Waals surface area contributed by atoms with Gasteiger partial charge in [-0.25, -0.2) is 0 Å². The second-order valence-corrected chi connectivity index (χ2v) is 9.14. The first-order valence-corrected chi connectivity index (χ1v) is 11.2. The van der Waals surface area contributed by atoms with Gasteiger partial charge < -0.3 is 14.8 Å². The molecule has 1 aliphatic heterocycles. The summed E-state index contributed by atoms with van der Waals surface area (Å²) in [5.41, 5.74) is 1.39. The first-order chi connectivity index (χ1) is 16.2. The van der Waals surface area contributed by atoms with E-state index in [9.17, 15) is 18.0 Å². The van der Waals surface area contributed by atoms with Gasteiger partial charge in [-0.2, -0.15) is 13.2 Å². The molecule has 178 valence electrons. The van der Waals surface area contributed by atoms with Crippen LogP contribution in [0.1, 0.15) is 50.7 Å². The van der Waals surface area contributed by atoms with E-state index in [0.717, 1.165) is 28.8 Å². The standard InChI is InChI=1S/C27H24F3NO3.H2/c1-16(2)21-5-3-4-6-22(21)17-11-19(27(28,29)30)13-20(12-17)31-25(32)26(9-10-26)18-7-8-23-24(14-18)34-15-33-23;/h3-8,11-14,16H,9-10,15H2,1-2H3,(H,31,32);1H. The number of rotatable bonds is 5. The van der Waals surface area contributed by atoms with E-state index in [4.69, 9.17) is 9.47 Å². The number of hydrogen-bond acceptors (Lipinski definition) is 3. The predicted molar refractivity (Wildman–Crippen MR) is 125 cm³/mol. The van der Waals surface area contributed by atoms with E-state index in [-0.39, 0.29) is 25.7 Å². The van der Waals surface area contributed by atoms with Crippen molar-refractivity contribution in [3.05, 3.63) is 77.4 Å². The van der Waals surface area contributed by atoms with Gasteiger partial charge in [0.2, 0.25) is 12.7 Å². The number of benzene rings is 3. The van der Waals surface area contributed by atoms with E-state index in [1.807, 2.05) is 38.1 Å². The highest BCUT2D eigenvalue weighted by molar-refractivity contribution is 6.02. The van der Waals surface area contributed by atoms with Gasteiger partial charge in [-0.15, -0.1) is 0 Å². The van der Waals surface area contributed by atoms with Gasteiger partial charge in [-0.05, 0) is 71.3 Å². The second kappa shape index (κ2) is 8.08. The van der Waals surface area contributed by atoms with Crippen LogP contribution in [0.4, 0.5) is 18.9 Å². The normalized spacial score (nSPS) is 15.9. The van der Waals surface area contributed by atoms with Gasteiger partial charge in [0.05, 0.1) is 11.0 Å². The van der Waals surface area contributed by atoms with Crippen molar-refractivity contribution in [2.24, 2.45) is 0 Å². The zero-order valence-corrected chi connectivity index (χ0v) is 18.8. The molecule has 1 heterocycles. The lowest BCUT2D eigenvalue weighted by Crippen LogP contribution is -2.28. The number of nitrogens with one attached hydrogen (secondary N) is 1. The van der Waals surface area contributed by atoms with Crippen LogP contribution in [0.15, 0.2) is 60.7 Å². The number of carbonyl (C=O) groups excluding carboxylic acids is 1. The molecule has 1 fully saturated rings. The lowest BCUT2D eigenvalue weighted by Gasteiger charge is -2.19. The molecule has 4 nitrogen and oxygen atoms in total. The quantitative estimate of drug-likeness (QED) is 0.432. The van der Waals surface area contributed by atoms with Crippen molar-refractivity contribution in [3.8, 4) is 22.6 Å². The monoisotopic (exact) mass is 469 g/mol.